The molecule has 0 bridgehead atoms. The summed E-state index contributed by atoms with van der Waals surface area (Å²) in [7, 11) is 3.13. The van der Waals surface area contributed by atoms with Crippen molar-refractivity contribution in [3.63, 3.8) is 0 Å². The van der Waals surface area contributed by atoms with Crippen LogP contribution >= 0.6 is 0 Å². The van der Waals surface area contributed by atoms with Gasteiger partial charge < -0.3 is 24.8 Å². The van der Waals surface area contributed by atoms with E-state index in [9.17, 15) is 9.59 Å². The maximum absolute atomic E-state index is 12.5. The van der Waals surface area contributed by atoms with Crippen molar-refractivity contribution in [2.45, 2.75) is 0 Å². The first kappa shape index (κ1) is 17.3. The lowest BCUT2D eigenvalue weighted by atomic mass is 10.1. The predicted molar refractivity (Wildman–Crippen MR) is 96.2 cm³/mol. The van der Waals surface area contributed by atoms with Gasteiger partial charge in [0, 0.05) is 11.4 Å². The number of anilines is 2. The third-order valence-corrected chi connectivity index (χ3v) is 3.78. The lowest BCUT2D eigenvalue weighted by Gasteiger charge is -2.10. The first-order valence-corrected chi connectivity index (χ1v) is 7.87. The van der Waals surface area contributed by atoms with Gasteiger partial charge in [0.25, 0.3) is 5.91 Å². The molecule has 1 aliphatic rings. The molecule has 0 aliphatic carbocycles. The molecular weight excluding hydrogens is 336 g/mol. The molecule has 3 rings (SSSR count). The van der Waals surface area contributed by atoms with E-state index >= 15 is 0 Å². The van der Waals surface area contributed by atoms with Gasteiger partial charge in [-0.1, -0.05) is 0 Å². The number of methoxy groups -OCH3 is 2. The number of hydrogen-bond donors (Lipinski definition) is 2. The number of benzene rings is 2. The number of ketones is 1. The zero-order valence-electron chi connectivity index (χ0n) is 14.4. The third-order valence-electron chi connectivity index (χ3n) is 3.78. The number of nitrogens with one attached hydrogen (secondary N) is 2. The van der Waals surface area contributed by atoms with Gasteiger partial charge in [0.15, 0.2) is 6.61 Å². The fourth-order valence-electron chi connectivity index (χ4n) is 2.41. The van der Waals surface area contributed by atoms with E-state index in [-0.39, 0.29) is 23.8 Å². The first-order valence-electron chi connectivity index (χ1n) is 7.87. The van der Waals surface area contributed by atoms with Crippen LogP contribution < -0.4 is 20.1 Å². The second-order valence-electron chi connectivity index (χ2n) is 5.45. The summed E-state index contributed by atoms with van der Waals surface area (Å²) in [6.07, 6.45) is 0. The molecule has 1 aliphatic heterocycles. The third kappa shape index (κ3) is 3.77. The van der Waals surface area contributed by atoms with E-state index in [1.165, 1.54) is 0 Å². The van der Waals surface area contributed by atoms with Crippen molar-refractivity contribution in [3.05, 3.63) is 60.0 Å². The van der Waals surface area contributed by atoms with Gasteiger partial charge in [-0.3, -0.25) is 9.59 Å². The summed E-state index contributed by atoms with van der Waals surface area (Å²) in [5.74, 6) is 0.585. The maximum Gasteiger partial charge on any atom is 0.264 e. The molecule has 0 saturated heterocycles. The second kappa shape index (κ2) is 7.60. The molecule has 1 amide bonds. The molecular formula is C19H18N2O5. The molecule has 0 radical (unpaired) electrons. The SMILES string of the molecule is COc1ccc(NC(=O)C2=C(Nc3ccc(OC)cc3)OCC2=O)cc1. The van der Waals surface area contributed by atoms with E-state index in [2.05, 4.69) is 10.6 Å². The van der Waals surface area contributed by atoms with Crippen molar-refractivity contribution in [1.82, 2.24) is 0 Å². The summed E-state index contributed by atoms with van der Waals surface area (Å²) in [6.45, 7) is -0.177. The van der Waals surface area contributed by atoms with Crippen molar-refractivity contribution in [3.8, 4) is 11.5 Å². The Morgan fingerprint density at radius 3 is 2.00 bits per heavy atom. The fourth-order valence-corrected chi connectivity index (χ4v) is 2.41. The summed E-state index contributed by atoms with van der Waals surface area (Å²) in [5.41, 5.74) is 1.17. The van der Waals surface area contributed by atoms with Crippen LogP contribution in [0.4, 0.5) is 11.4 Å². The van der Waals surface area contributed by atoms with Crippen molar-refractivity contribution in [2.75, 3.05) is 31.5 Å². The standard InChI is InChI=1S/C19H18N2O5/c1-24-14-7-3-12(4-8-14)20-18(23)17-16(22)11-26-19(17)21-13-5-9-15(25-2)10-6-13/h3-10,21H,11H2,1-2H3,(H,20,23). The number of carbonyl (C=O) groups excluding carboxylic acids is 2. The minimum atomic E-state index is -0.534. The largest absolute Gasteiger partial charge is 0.497 e. The highest BCUT2D eigenvalue weighted by molar-refractivity contribution is 6.25. The molecule has 0 spiro atoms. The van der Waals surface area contributed by atoms with Crippen molar-refractivity contribution < 1.29 is 23.8 Å². The monoisotopic (exact) mass is 354 g/mol. The molecule has 1 heterocycles. The molecule has 2 aromatic rings. The number of rotatable bonds is 6. The van der Waals surface area contributed by atoms with Crippen LogP contribution in [0, 0.1) is 0 Å². The normalized spacial score (nSPS) is 13.2. The number of ether oxygens (including phenoxy) is 3. The van der Waals surface area contributed by atoms with Crippen LogP contribution in [0.5, 0.6) is 11.5 Å². The lowest BCUT2D eigenvalue weighted by Crippen LogP contribution is -2.21. The average Bonchev–Trinajstić information content (AvgIpc) is 3.03. The van der Waals surface area contributed by atoms with E-state index in [1.54, 1.807) is 62.8 Å². The molecule has 0 saturated carbocycles. The van der Waals surface area contributed by atoms with Crippen LogP contribution in [0.15, 0.2) is 60.0 Å². The van der Waals surface area contributed by atoms with Crippen LogP contribution in [0.3, 0.4) is 0 Å². The Balaban J connectivity index is 1.77. The van der Waals surface area contributed by atoms with E-state index < -0.39 is 5.91 Å². The minimum Gasteiger partial charge on any atom is -0.497 e. The summed E-state index contributed by atoms with van der Waals surface area (Å²) < 4.78 is 15.5. The Bertz CT molecular complexity index is 841. The van der Waals surface area contributed by atoms with Crippen LogP contribution in [0.25, 0.3) is 0 Å². The lowest BCUT2D eigenvalue weighted by molar-refractivity contribution is -0.120. The summed E-state index contributed by atoms with van der Waals surface area (Å²) in [6, 6.07) is 13.9. The van der Waals surface area contributed by atoms with Crippen LogP contribution in [0.1, 0.15) is 0 Å². The van der Waals surface area contributed by atoms with Gasteiger partial charge in [0.05, 0.1) is 14.2 Å². The van der Waals surface area contributed by atoms with Crippen molar-refractivity contribution >= 4 is 23.1 Å². The van der Waals surface area contributed by atoms with Gasteiger partial charge in [-0.05, 0) is 48.5 Å². The van der Waals surface area contributed by atoms with Crippen LogP contribution in [-0.4, -0.2) is 32.5 Å². The topological polar surface area (TPSA) is 85.9 Å². The minimum absolute atomic E-state index is 0.0448. The highest BCUT2D eigenvalue weighted by atomic mass is 16.5. The molecule has 0 fully saturated rings. The first-order chi connectivity index (χ1) is 12.6. The number of hydrogen-bond acceptors (Lipinski definition) is 6. The molecule has 0 unspecified atom stereocenters. The van der Waals surface area contributed by atoms with Crippen LogP contribution in [-0.2, 0) is 14.3 Å². The van der Waals surface area contributed by atoms with Crippen molar-refractivity contribution in [2.24, 2.45) is 0 Å². The summed E-state index contributed by atoms with van der Waals surface area (Å²) >= 11 is 0. The fraction of sp³-hybridized carbons (Fsp3) is 0.158. The highest BCUT2D eigenvalue weighted by Gasteiger charge is 2.31. The molecule has 0 atom stereocenters. The molecule has 7 heteroatoms. The average molecular weight is 354 g/mol. The molecule has 0 aromatic heterocycles. The van der Waals surface area contributed by atoms with E-state index in [0.717, 1.165) is 0 Å². The van der Waals surface area contributed by atoms with Gasteiger partial charge in [0.1, 0.15) is 17.1 Å². The predicted octanol–water partition coefficient (Wildman–Crippen LogP) is 2.57. The van der Waals surface area contributed by atoms with Crippen LogP contribution in [0.2, 0.25) is 0 Å². The quantitative estimate of drug-likeness (QED) is 0.776. The summed E-state index contributed by atoms with van der Waals surface area (Å²) in [4.78, 5) is 24.6. The number of amides is 1. The Morgan fingerprint density at radius 2 is 1.46 bits per heavy atom. The summed E-state index contributed by atoms with van der Waals surface area (Å²) in [5, 5.41) is 5.64. The number of Topliss-reactive ketones (excluding diaryl/α,β-unsaturated/α-hetero) is 1. The van der Waals surface area contributed by atoms with Crippen molar-refractivity contribution in [1.29, 1.82) is 0 Å². The Labute approximate surface area is 150 Å². The van der Waals surface area contributed by atoms with Gasteiger partial charge >= 0.3 is 0 Å². The molecule has 26 heavy (non-hydrogen) atoms. The molecule has 2 N–H and O–H groups in total. The van der Waals surface area contributed by atoms with Gasteiger partial charge in [-0.25, -0.2) is 0 Å². The Hall–Kier alpha value is -3.48. The highest BCUT2D eigenvalue weighted by Crippen LogP contribution is 2.23. The Morgan fingerprint density at radius 1 is 0.923 bits per heavy atom. The molecule has 134 valence electrons. The maximum atomic E-state index is 12.5. The zero-order valence-corrected chi connectivity index (χ0v) is 14.4. The van der Waals surface area contributed by atoms with E-state index in [1.807, 2.05) is 0 Å². The van der Waals surface area contributed by atoms with Gasteiger partial charge in [0.2, 0.25) is 11.7 Å². The van der Waals surface area contributed by atoms with Gasteiger partial charge in [-0.2, -0.15) is 0 Å². The second-order valence-corrected chi connectivity index (χ2v) is 5.45. The number of carbonyl (C=O) groups is 2. The van der Waals surface area contributed by atoms with E-state index in [0.29, 0.717) is 22.9 Å². The zero-order chi connectivity index (χ0) is 18.5. The molecule has 7 nitrogen and oxygen atoms in total. The van der Waals surface area contributed by atoms with Gasteiger partial charge in [-0.15, -0.1) is 0 Å². The van der Waals surface area contributed by atoms with E-state index in [4.69, 9.17) is 14.2 Å². The molecule has 2 aromatic carbocycles. The Kier molecular flexibility index (Phi) is 5.07. The smallest absolute Gasteiger partial charge is 0.264 e.